The molecule has 0 radical (unpaired) electrons. The van der Waals surface area contributed by atoms with Crippen molar-refractivity contribution in [2.24, 2.45) is 5.92 Å². The van der Waals surface area contributed by atoms with Crippen molar-refractivity contribution in [3.63, 3.8) is 0 Å². The van der Waals surface area contributed by atoms with Gasteiger partial charge in [-0.15, -0.1) is 0 Å². The maximum atomic E-state index is 12.2. The van der Waals surface area contributed by atoms with Gasteiger partial charge in [0, 0.05) is 0 Å². The Balaban J connectivity index is 1.90. The van der Waals surface area contributed by atoms with Crippen molar-refractivity contribution in [2.75, 3.05) is 0 Å². The molecule has 2 fully saturated rings. The molecule has 0 spiro atoms. The molecule has 8 heteroatoms. The van der Waals surface area contributed by atoms with Crippen LogP contribution in [0, 0.1) is 12.8 Å². The van der Waals surface area contributed by atoms with Crippen LogP contribution >= 0.6 is 0 Å². The number of rotatable bonds is 7. The van der Waals surface area contributed by atoms with Gasteiger partial charge >= 0.3 is 19.2 Å². The average molecular weight is 499 g/mol. The van der Waals surface area contributed by atoms with E-state index in [4.69, 9.17) is 14.0 Å². The Morgan fingerprint density at radius 1 is 1.14 bits per heavy atom. The van der Waals surface area contributed by atoms with Gasteiger partial charge < -0.3 is 24.5 Å². The van der Waals surface area contributed by atoms with E-state index in [0.717, 1.165) is 47.8 Å². The first-order valence-electron chi connectivity index (χ1n) is 13.0. The summed E-state index contributed by atoms with van der Waals surface area (Å²) in [6.45, 7) is 15.4. The van der Waals surface area contributed by atoms with Crippen molar-refractivity contribution in [1.29, 1.82) is 0 Å². The monoisotopic (exact) mass is 499 g/mol. The van der Waals surface area contributed by atoms with Gasteiger partial charge in [0.15, 0.2) is 0 Å². The molecule has 1 atom stereocenters. The van der Waals surface area contributed by atoms with Crippen LogP contribution in [0.4, 0.5) is 4.79 Å². The average Bonchev–Trinajstić information content (AvgIpc) is 3.31. The number of hydrogen-bond acceptors (Lipinski definition) is 5. The lowest BCUT2D eigenvalue weighted by molar-refractivity contribution is -0.139. The smallest absolute Gasteiger partial charge is 0.480 e. The van der Waals surface area contributed by atoms with Crippen molar-refractivity contribution in [3.8, 4) is 0 Å². The Bertz CT molecular complexity index is 988. The number of nitrogens with one attached hydrogen (secondary N) is 1. The number of hydrogen-bond donors (Lipinski definition) is 2. The van der Waals surface area contributed by atoms with Crippen LogP contribution in [0.1, 0.15) is 91.7 Å². The highest BCUT2D eigenvalue weighted by molar-refractivity contribution is 6.62. The van der Waals surface area contributed by atoms with Gasteiger partial charge in [0.2, 0.25) is 0 Å². The number of carboxylic acid groups (broad SMARTS) is 1. The molecule has 1 aliphatic carbocycles. The molecule has 1 saturated heterocycles. The van der Waals surface area contributed by atoms with Crippen LogP contribution in [0.15, 0.2) is 24.3 Å². The zero-order valence-corrected chi connectivity index (χ0v) is 23.1. The third-order valence-electron chi connectivity index (χ3n) is 7.32. The largest absolute Gasteiger partial charge is 0.494 e. The van der Waals surface area contributed by atoms with Crippen LogP contribution in [0.25, 0.3) is 5.57 Å². The number of carbonyl (C=O) groups is 2. The zero-order valence-electron chi connectivity index (χ0n) is 23.1. The van der Waals surface area contributed by atoms with Gasteiger partial charge in [-0.05, 0) is 97.2 Å². The molecule has 0 unspecified atom stereocenters. The molecule has 36 heavy (non-hydrogen) atoms. The molecule has 1 aliphatic heterocycles. The van der Waals surface area contributed by atoms with E-state index in [2.05, 4.69) is 30.4 Å². The third kappa shape index (κ3) is 6.91. The van der Waals surface area contributed by atoms with Crippen LogP contribution in [0.3, 0.4) is 0 Å². The SMILES string of the molecule is Cc1cc(B2OC(C)(C)C(C)(C)O2)cc(/C(=C/C[C@H](NC(=O)OC(C)(C)C)C(=O)O)C2CCCC2)c1. The molecule has 2 N–H and O–H groups in total. The van der Waals surface area contributed by atoms with Gasteiger partial charge in [-0.1, -0.05) is 42.7 Å². The number of aryl methyl sites for hydroxylation is 1. The number of carbonyl (C=O) groups excluding carboxylic acids is 1. The number of aliphatic carboxylic acids is 1. The highest BCUT2D eigenvalue weighted by atomic mass is 16.7. The van der Waals surface area contributed by atoms with Gasteiger partial charge in [-0.25, -0.2) is 9.59 Å². The minimum absolute atomic E-state index is 0.167. The fraction of sp³-hybridized carbons (Fsp3) is 0.643. The van der Waals surface area contributed by atoms with Gasteiger partial charge in [-0.2, -0.15) is 0 Å². The molecule has 0 aromatic heterocycles. The number of allylic oxidation sites excluding steroid dienone is 1. The second kappa shape index (κ2) is 10.6. The molecule has 1 amide bonds. The number of carboxylic acids is 1. The summed E-state index contributed by atoms with van der Waals surface area (Å²) < 4.78 is 17.9. The lowest BCUT2D eigenvalue weighted by Gasteiger charge is -2.32. The molecule has 1 aromatic rings. The molecule has 1 aromatic carbocycles. The summed E-state index contributed by atoms with van der Waals surface area (Å²) in [4.78, 5) is 24.2. The molecular formula is C28H42BNO6. The van der Waals surface area contributed by atoms with Gasteiger partial charge in [-0.3, -0.25) is 0 Å². The molecule has 0 bridgehead atoms. The van der Waals surface area contributed by atoms with E-state index in [1.54, 1.807) is 20.8 Å². The number of ether oxygens (including phenoxy) is 1. The molecule has 1 saturated carbocycles. The first kappa shape index (κ1) is 28.3. The van der Waals surface area contributed by atoms with E-state index in [9.17, 15) is 14.7 Å². The quantitative estimate of drug-likeness (QED) is 0.499. The maximum Gasteiger partial charge on any atom is 0.494 e. The standard InChI is InChI=1S/C28H42BNO6/c1-18-15-20(17-21(16-18)29-35-27(5,6)28(7,8)36-29)22(19-11-9-10-12-19)13-14-23(24(31)32)30-25(33)34-26(2,3)4/h13,15-17,19,23H,9-12,14H2,1-8H3,(H,30,33)(H,31,32)/b22-13+/t23-/m0/s1. The Labute approximate surface area is 216 Å². The predicted molar refractivity (Wildman–Crippen MR) is 142 cm³/mol. The first-order valence-corrected chi connectivity index (χ1v) is 13.0. The summed E-state index contributed by atoms with van der Waals surface area (Å²) in [5.41, 5.74) is 2.63. The van der Waals surface area contributed by atoms with Crippen molar-refractivity contribution in [1.82, 2.24) is 5.32 Å². The Kier molecular flexibility index (Phi) is 8.31. The fourth-order valence-corrected chi connectivity index (χ4v) is 4.77. The third-order valence-corrected chi connectivity index (χ3v) is 7.32. The van der Waals surface area contributed by atoms with Crippen molar-refractivity contribution in [3.05, 3.63) is 35.4 Å². The summed E-state index contributed by atoms with van der Waals surface area (Å²) in [6, 6.07) is 5.25. The maximum absolute atomic E-state index is 12.2. The lowest BCUT2D eigenvalue weighted by atomic mass is 9.76. The predicted octanol–water partition coefficient (Wildman–Crippen LogP) is 5.24. The molecular weight excluding hydrogens is 457 g/mol. The Morgan fingerprint density at radius 2 is 1.72 bits per heavy atom. The normalized spacial score (nSPS) is 20.9. The summed E-state index contributed by atoms with van der Waals surface area (Å²) in [6.07, 6.45) is 5.83. The lowest BCUT2D eigenvalue weighted by Crippen LogP contribution is -2.43. The van der Waals surface area contributed by atoms with E-state index in [-0.39, 0.29) is 6.42 Å². The highest BCUT2D eigenvalue weighted by Crippen LogP contribution is 2.39. The topological polar surface area (TPSA) is 94.1 Å². The Morgan fingerprint density at radius 3 is 2.25 bits per heavy atom. The number of benzene rings is 1. The van der Waals surface area contributed by atoms with Crippen LogP contribution in [0.5, 0.6) is 0 Å². The molecule has 3 rings (SSSR count). The van der Waals surface area contributed by atoms with E-state index in [0.29, 0.717) is 5.92 Å². The molecule has 7 nitrogen and oxygen atoms in total. The Hall–Kier alpha value is -2.32. The molecule has 198 valence electrons. The van der Waals surface area contributed by atoms with Gasteiger partial charge in [0.25, 0.3) is 0 Å². The van der Waals surface area contributed by atoms with Gasteiger partial charge in [0.05, 0.1) is 11.2 Å². The van der Waals surface area contributed by atoms with Crippen LogP contribution in [-0.4, -0.2) is 47.1 Å². The second-order valence-corrected chi connectivity index (χ2v) is 12.1. The van der Waals surface area contributed by atoms with Crippen LogP contribution in [-0.2, 0) is 18.8 Å². The van der Waals surface area contributed by atoms with Crippen LogP contribution in [0.2, 0.25) is 0 Å². The number of amides is 1. The zero-order chi connectivity index (χ0) is 26.9. The minimum atomic E-state index is -1.09. The minimum Gasteiger partial charge on any atom is -0.480 e. The summed E-state index contributed by atoms with van der Waals surface area (Å²) in [5, 5.41) is 12.3. The summed E-state index contributed by atoms with van der Waals surface area (Å²) in [5.74, 6) is -0.751. The molecule has 2 aliphatic rings. The van der Waals surface area contributed by atoms with E-state index in [1.807, 2.05) is 33.8 Å². The van der Waals surface area contributed by atoms with E-state index < -0.39 is 42.0 Å². The highest BCUT2D eigenvalue weighted by Gasteiger charge is 2.51. The summed E-state index contributed by atoms with van der Waals surface area (Å²) >= 11 is 0. The fourth-order valence-electron chi connectivity index (χ4n) is 4.77. The van der Waals surface area contributed by atoms with Gasteiger partial charge in [0.1, 0.15) is 11.6 Å². The van der Waals surface area contributed by atoms with Crippen molar-refractivity contribution >= 4 is 30.2 Å². The molecule has 1 heterocycles. The van der Waals surface area contributed by atoms with Crippen LogP contribution < -0.4 is 10.8 Å². The van der Waals surface area contributed by atoms with E-state index >= 15 is 0 Å². The van der Waals surface area contributed by atoms with Crippen molar-refractivity contribution < 1.29 is 28.7 Å². The van der Waals surface area contributed by atoms with E-state index in [1.165, 1.54) is 0 Å². The second-order valence-electron chi connectivity index (χ2n) is 12.1. The number of alkyl carbamates (subject to hydrolysis) is 1. The summed E-state index contributed by atoms with van der Waals surface area (Å²) in [7, 11) is -0.473. The first-order chi connectivity index (χ1) is 16.6. The van der Waals surface area contributed by atoms with Crippen molar-refractivity contribution in [2.45, 2.75) is 110 Å².